The number of benzene rings is 2. The van der Waals surface area contributed by atoms with Gasteiger partial charge in [-0.2, -0.15) is 4.80 Å². The summed E-state index contributed by atoms with van der Waals surface area (Å²) in [5.41, 5.74) is 1.37. The standard InChI is InChI=1S/C20H19F3N6O2/c1-11(2)12-3-5-13(6-4-12)20-26-28-29(27-20)10-17(31)24-9-16(30)25-15-8-7-14(21)18(22)19(15)23/h3-8,11H,9-10H2,1-2H3,(H,24,31)(H,25,30). The van der Waals surface area contributed by atoms with Crippen LogP contribution in [0.2, 0.25) is 0 Å². The molecule has 0 atom stereocenters. The molecular formula is C20H19F3N6O2. The number of nitrogens with one attached hydrogen (secondary N) is 2. The lowest BCUT2D eigenvalue weighted by molar-refractivity contribution is -0.124. The molecule has 2 N–H and O–H groups in total. The Balaban J connectivity index is 1.52. The lowest BCUT2D eigenvalue weighted by Crippen LogP contribution is -2.35. The second-order valence-corrected chi connectivity index (χ2v) is 6.97. The highest BCUT2D eigenvalue weighted by atomic mass is 19.2. The van der Waals surface area contributed by atoms with Gasteiger partial charge in [-0.1, -0.05) is 38.1 Å². The number of halogens is 3. The maximum atomic E-state index is 13.6. The Bertz CT molecular complexity index is 1100. The van der Waals surface area contributed by atoms with E-state index in [0.29, 0.717) is 17.8 Å². The maximum Gasteiger partial charge on any atom is 0.244 e. The molecule has 0 spiro atoms. The number of tetrazole rings is 1. The molecule has 0 bridgehead atoms. The molecule has 0 saturated heterocycles. The number of aromatic nitrogens is 4. The van der Waals surface area contributed by atoms with Crippen molar-refractivity contribution in [2.24, 2.45) is 0 Å². The minimum absolute atomic E-state index is 0.302. The molecule has 162 valence electrons. The number of amides is 2. The molecule has 0 aliphatic carbocycles. The smallest absolute Gasteiger partial charge is 0.244 e. The normalized spacial score (nSPS) is 10.9. The van der Waals surface area contributed by atoms with E-state index >= 15 is 0 Å². The summed E-state index contributed by atoms with van der Waals surface area (Å²) in [6.07, 6.45) is 0. The van der Waals surface area contributed by atoms with Crippen molar-refractivity contribution in [1.82, 2.24) is 25.5 Å². The van der Waals surface area contributed by atoms with E-state index in [9.17, 15) is 22.8 Å². The van der Waals surface area contributed by atoms with Crippen LogP contribution in [-0.4, -0.2) is 38.6 Å². The first-order valence-electron chi connectivity index (χ1n) is 9.32. The SMILES string of the molecule is CC(C)c1ccc(-c2nnn(CC(=O)NCC(=O)Nc3ccc(F)c(F)c3F)n2)cc1. The number of hydrogen-bond donors (Lipinski definition) is 2. The summed E-state index contributed by atoms with van der Waals surface area (Å²) < 4.78 is 39.7. The first kappa shape index (κ1) is 21.9. The Morgan fingerprint density at radius 2 is 1.71 bits per heavy atom. The van der Waals surface area contributed by atoms with Gasteiger partial charge in [-0.25, -0.2) is 13.2 Å². The van der Waals surface area contributed by atoms with Crippen LogP contribution in [0.15, 0.2) is 36.4 Å². The molecule has 3 rings (SSSR count). The van der Waals surface area contributed by atoms with Gasteiger partial charge in [-0.3, -0.25) is 9.59 Å². The highest BCUT2D eigenvalue weighted by Crippen LogP contribution is 2.20. The van der Waals surface area contributed by atoms with Gasteiger partial charge in [0.15, 0.2) is 17.5 Å². The quantitative estimate of drug-likeness (QED) is 0.559. The molecular weight excluding hydrogens is 413 g/mol. The van der Waals surface area contributed by atoms with Crippen molar-refractivity contribution < 1.29 is 22.8 Å². The van der Waals surface area contributed by atoms with Crippen molar-refractivity contribution in [3.8, 4) is 11.4 Å². The van der Waals surface area contributed by atoms with Gasteiger partial charge < -0.3 is 10.6 Å². The lowest BCUT2D eigenvalue weighted by atomic mass is 10.0. The van der Waals surface area contributed by atoms with Crippen LogP contribution in [0.25, 0.3) is 11.4 Å². The molecule has 11 heteroatoms. The van der Waals surface area contributed by atoms with Crippen LogP contribution in [0.3, 0.4) is 0 Å². The van der Waals surface area contributed by atoms with Gasteiger partial charge in [0.05, 0.1) is 12.2 Å². The number of rotatable bonds is 7. The minimum Gasteiger partial charge on any atom is -0.345 e. The van der Waals surface area contributed by atoms with Crippen LogP contribution in [0.1, 0.15) is 25.3 Å². The maximum absolute atomic E-state index is 13.6. The van der Waals surface area contributed by atoms with E-state index in [1.165, 1.54) is 0 Å². The fraction of sp³-hybridized carbons (Fsp3) is 0.250. The molecule has 0 unspecified atom stereocenters. The molecule has 0 aliphatic rings. The zero-order chi connectivity index (χ0) is 22.5. The average molecular weight is 432 g/mol. The zero-order valence-corrected chi connectivity index (χ0v) is 16.7. The fourth-order valence-electron chi connectivity index (χ4n) is 2.62. The monoisotopic (exact) mass is 432 g/mol. The second-order valence-electron chi connectivity index (χ2n) is 6.97. The number of hydrogen-bond acceptors (Lipinski definition) is 5. The van der Waals surface area contributed by atoms with Crippen LogP contribution in [0.4, 0.5) is 18.9 Å². The number of carbonyl (C=O) groups is 2. The molecule has 31 heavy (non-hydrogen) atoms. The van der Waals surface area contributed by atoms with Gasteiger partial charge in [-0.05, 0) is 28.8 Å². The fourth-order valence-corrected chi connectivity index (χ4v) is 2.62. The molecule has 8 nitrogen and oxygen atoms in total. The van der Waals surface area contributed by atoms with E-state index < -0.39 is 41.5 Å². The van der Waals surface area contributed by atoms with Gasteiger partial charge in [0.2, 0.25) is 17.6 Å². The Labute approximate surface area is 175 Å². The van der Waals surface area contributed by atoms with Crippen molar-refractivity contribution in [3.05, 3.63) is 59.4 Å². The van der Waals surface area contributed by atoms with Gasteiger partial charge in [0.25, 0.3) is 0 Å². The van der Waals surface area contributed by atoms with E-state index in [1.807, 2.05) is 29.6 Å². The molecule has 2 amide bonds. The van der Waals surface area contributed by atoms with Crippen LogP contribution in [0.5, 0.6) is 0 Å². The molecule has 0 saturated carbocycles. The van der Waals surface area contributed by atoms with E-state index in [1.54, 1.807) is 0 Å². The van der Waals surface area contributed by atoms with Crippen LogP contribution in [-0.2, 0) is 16.1 Å². The lowest BCUT2D eigenvalue weighted by Gasteiger charge is -2.08. The van der Waals surface area contributed by atoms with E-state index in [0.717, 1.165) is 22.0 Å². The van der Waals surface area contributed by atoms with Gasteiger partial charge >= 0.3 is 0 Å². The second kappa shape index (κ2) is 9.37. The first-order chi connectivity index (χ1) is 14.7. The molecule has 1 heterocycles. The highest BCUT2D eigenvalue weighted by Gasteiger charge is 2.16. The van der Waals surface area contributed by atoms with Crippen molar-refractivity contribution >= 4 is 17.5 Å². The molecule has 3 aromatic rings. The topological polar surface area (TPSA) is 102 Å². The van der Waals surface area contributed by atoms with Crippen molar-refractivity contribution in [2.45, 2.75) is 26.3 Å². The molecule has 2 aromatic carbocycles. The molecule has 0 fully saturated rings. The van der Waals surface area contributed by atoms with Crippen molar-refractivity contribution in [2.75, 3.05) is 11.9 Å². The van der Waals surface area contributed by atoms with Gasteiger partial charge in [0, 0.05) is 5.56 Å². The summed E-state index contributed by atoms with van der Waals surface area (Å²) in [5.74, 6) is -5.30. The summed E-state index contributed by atoms with van der Waals surface area (Å²) in [6.45, 7) is 3.34. The van der Waals surface area contributed by atoms with Crippen LogP contribution < -0.4 is 10.6 Å². The Morgan fingerprint density at radius 1 is 1.00 bits per heavy atom. The van der Waals surface area contributed by atoms with Crippen LogP contribution in [0, 0.1) is 17.5 Å². The zero-order valence-electron chi connectivity index (χ0n) is 16.7. The molecule has 1 aromatic heterocycles. The molecule has 0 radical (unpaired) electrons. The number of nitrogens with zero attached hydrogens (tertiary/aromatic N) is 4. The third-order valence-electron chi connectivity index (χ3n) is 4.33. The van der Waals surface area contributed by atoms with Crippen molar-refractivity contribution in [1.29, 1.82) is 0 Å². The van der Waals surface area contributed by atoms with E-state index in [4.69, 9.17) is 0 Å². The summed E-state index contributed by atoms with van der Waals surface area (Å²) in [6, 6.07) is 9.19. The molecule has 0 aliphatic heterocycles. The Hall–Kier alpha value is -3.76. The summed E-state index contributed by atoms with van der Waals surface area (Å²) in [7, 11) is 0. The summed E-state index contributed by atoms with van der Waals surface area (Å²) in [4.78, 5) is 24.9. The average Bonchev–Trinajstić information content (AvgIpc) is 3.21. The summed E-state index contributed by atoms with van der Waals surface area (Å²) in [5, 5.41) is 16.2. The van der Waals surface area contributed by atoms with E-state index in [2.05, 4.69) is 34.6 Å². The largest absolute Gasteiger partial charge is 0.345 e. The Morgan fingerprint density at radius 3 is 2.39 bits per heavy atom. The minimum atomic E-state index is -1.70. The first-order valence-corrected chi connectivity index (χ1v) is 9.32. The van der Waals surface area contributed by atoms with Crippen molar-refractivity contribution in [3.63, 3.8) is 0 Å². The third-order valence-corrected chi connectivity index (χ3v) is 4.33. The van der Waals surface area contributed by atoms with Gasteiger partial charge in [-0.15, -0.1) is 10.2 Å². The number of anilines is 1. The predicted octanol–water partition coefficient (Wildman–Crippen LogP) is 2.64. The summed E-state index contributed by atoms with van der Waals surface area (Å²) >= 11 is 0. The van der Waals surface area contributed by atoms with E-state index in [-0.39, 0.29) is 6.54 Å². The third kappa shape index (κ3) is 5.44. The predicted molar refractivity (Wildman–Crippen MR) is 105 cm³/mol. The Kier molecular flexibility index (Phi) is 6.63. The van der Waals surface area contributed by atoms with Crippen LogP contribution >= 0.6 is 0 Å². The van der Waals surface area contributed by atoms with Gasteiger partial charge in [0.1, 0.15) is 6.54 Å². The number of carbonyl (C=O) groups excluding carboxylic acids is 2. The highest BCUT2D eigenvalue weighted by molar-refractivity contribution is 5.94.